The zero-order valence-corrected chi connectivity index (χ0v) is 13.7. The molecule has 0 saturated carbocycles. The van der Waals surface area contributed by atoms with Gasteiger partial charge < -0.3 is 9.80 Å². The Kier molecular flexibility index (Phi) is 3.20. The molecule has 0 spiro atoms. The first-order valence-electron chi connectivity index (χ1n) is 7.29. The lowest BCUT2D eigenvalue weighted by molar-refractivity contribution is 0.171. The van der Waals surface area contributed by atoms with Gasteiger partial charge in [0, 0.05) is 14.1 Å². The van der Waals surface area contributed by atoms with Crippen LogP contribution in [0.25, 0.3) is 6.08 Å². The van der Waals surface area contributed by atoms with Crippen molar-refractivity contribution in [2.24, 2.45) is 5.10 Å². The van der Waals surface area contributed by atoms with Crippen LogP contribution in [0.15, 0.2) is 34.2 Å². The summed E-state index contributed by atoms with van der Waals surface area (Å²) in [6, 6.07) is 5.72. The molecule has 9 heteroatoms. The number of rotatable bonds is 1. The number of nitrogens with one attached hydrogen (secondary N) is 1. The summed E-state index contributed by atoms with van der Waals surface area (Å²) in [5, 5.41) is 4.22. The van der Waals surface area contributed by atoms with Crippen molar-refractivity contribution in [2.45, 2.75) is 12.3 Å². The van der Waals surface area contributed by atoms with Crippen LogP contribution in [0.5, 0.6) is 0 Å². The summed E-state index contributed by atoms with van der Waals surface area (Å²) in [5.41, 5.74) is 3.45. The number of carbonyl (C=O) groups is 1. The van der Waals surface area contributed by atoms with E-state index < -0.39 is 6.17 Å². The fraction of sp³-hybridized carbons (Fsp3) is 0.267. The number of urea groups is 1. The fourth-order valence-electron chi connectivity index (χ4n) is 2.99. The largest absolute Gasteiger partial charge is 0.323 e. The van der Waals surface area contributed by atoms with E-state index >= 15 is 0 Å². The van der Waals surface area contributed by atoms with Crippen molar-refractivity contribution in [3.63, 3.8) is 0 Å². The second kappa shape index (κ2) is 5.17. The van der Waals surface area contributed by atoms with Gasteiger partial charge >= 0.3 is 6.03 Å². The van der Waals surface area contributed by atoms with Crippen LogP contribution in [-0.2, 0) is 0 Å². The molecule has 3 heterocycles. The Labute approximate surface area is 139 Å². The van der Waals surface area contributed by atoms with E-state index in [1.54, 1.807) is 32.3 Å². The summed E-state index contributed by atoms with van der Waals surface area (Å²) in [4.78, 5) is 28.5. The first-order valence-corrected chi connectivity index (χ1v) is 8.10. The molecule has 1 N–H and O–H groups in total. The first kappa shape index (κ1) is 14.9. The van der Waals surface area contributed by atoms with Crippen LogP contribution in [0.3, 0.4) is 0 Å². The topological polar surface area (TPSA) is 69.9 Å². The van der Waals surface area contributed by atoms with Crippen molar-refractivity contribution in [1.29, 1.82) is 0 Å². The molecule has 4 rings (SSSR count). The van der Waals surface area contributed by atoms with Crippen molar-refractivity contribution in [2.75, 3.05) is 14.1 Å². The molecule has 1 aromatic carbocycles. The molecule has 2 aromatic rings. The third-order valence-corrected chi connectivity index (χ3v) is 5.24. The molecule has 2 atom stereocenters. The number of carbonyl (C=O) groups excluding carboxylic acids is 1. The number of fused-ring (bicyclic) bond motifs is 3. The molecule has 0 aliphatic carbocycles. The van der Waals surface area contributed by atoms with Crippen molar-refractivity contribution in [1.82, 2.24) is 19.8 Å². The van der Waals surface area contributed by atoms with Gasteiger partial charge in [0.1, 0.15) is 5.82 Å². The molecule has 2 aliphatic rings. The first-order chi connectivity index (χ1) is 11.5. The number of thiazole rings is 1. The number of hydrogen-bond donors (Lipinski definition) is 1. The summed E-state index contributed by atoms with van der Waals surface area (Å²) >= 11 is 1.23. The Hall–Kier alpha value is -2.68. The maximum atomic E-state index is 13.0. The quantitative estimate of drug-likeness (QED) is 0.779. The summed E-state index contributed by atoms with van der Waals surface area (Å²) in [7, 11) is 3.33. The second-order valence-corrected chi connectivity index (χ2v) is 6.73. The number of aromatic nitrogens is 1. The summed E-state index contributed by atoms with van der Waals surface area (Å²) < 4.78 is 15.0. The van der Waals surface area contributed by atoms with Gasteiger partial charge in [-0.05, 0) is 23.8 Å². The van der Waals surface area contributed by atoms with E-state index in [4.69, 9.17) is 0 Å². The van der Waals surface area contributed by atoms with Crippen molar-refractivity contribution < 1.29 is 9.18 Å². The van der Waals surface area contributed by atoms with Gasteiger partial charge in [-0.2, -0.15) is 0 Å². The van der Waals surface area contributed by atoms with E-state index in [1.165, 1.54) is 37.8 Å². The molecule has 0 radical (unpaired) electrons. The van der Waals surface area contributed by atoms with E-state index in [0.717, 1.165) is 5.56 Å². The van der Waals surface area contributed by atoms with Crippen LogP contribution in [0.4, 0.5) is 9.18 Å². The predicted octanol–water partition coefficient (Wildman–Crippen LogP) is -0.163. The minimum Gasteiger partial charge on any atom is -0.303 e. The fourth-order valence-corrected chi connectivity index (χ4v) is 3.96. The molecule has 2 aliphatic heterocycles. The molecule has 124 valence electrons. The van der Waals surface area contributed by atoms with Crippen LogP contribution >= 0.6 is 11.3 Å². The molecular weight excluding hydrogens is 333 g/mol. The molecule has 1 aromatic heterocycles. The van der Waals surface area contributed by atoms with Crippen LogP contribution in [0, 0.1) is 5.82 Å². The average molecular weight is 347 g/mol. The smallest absolute Gasteiger partial charge is 0.303 e. The number of nitrogens with zero attached hydrogens (tertiary/aromatic N) is 4. The molecule has 2 amide bonds. The monoisotopic (exact) mass is 347 g/mol. The summed E-state index contributed by atoms with van der Waals surface area (Å²) in [6.07, 6.45) is 0.859. The molecule has 1 fully saturated rings. The normalized spacial score (nSPS) is 23.0. The van der Waals surface area contributed by atoms with Gasteiger partial charge in [-0.25, -0.2) is 9.18 Å². The van der Waals surface area contributed by atoms with E-state index in [9.17, 15) is 14.0 Å². The molecule has 2 unspecified atom stereocenters. The highest BCUT2D eigenvalue weighted by Crippen LogP contribution is 2.26. The second-order valence-electron chi connectivity index (χ2n) is 5.72. The minimum atomic E-state index is -0.450. The van der Waals surface area contributed by atoms with Crippen molar-refractivity contribution >= 4 is 23.4 Å². The maximum Gasteiger partial charge on any atom is 0.323 e. The molecule has 1 saturated heterocycles. The van der Waals surface area contributed by atoms with Gasteiger partial charge in [0.25, 0.3) is 5.56 Å². The standard InChI is InChI=1S/C15H14FN5O2S/c1-19-11-12(20(2)15(19)23)21-13(22)10(24-14(21)18-17-11)7-8-3-5-9(16)6-4-8/h3-7,11-12,17H,1-2H3/b10-7-. The number of hydrogen-bond acceptors (Lipinski definition) is 5. The lowest BCUT2D eigenvalue weighted by atomic mass is 10.2. The van der Waals surface area contributed by atoms with Crippen molar-refractivity contribution in [3.05, 3.63) is 55.3 Å². The minimum absolute atomic E-state index is 0.178. The number of halogens is 1. The Morgan fingerprint density at radius 3 is 2.62 bits per heavy atom. The third kappa shape index (κ3) is 2.04. The maximum absolute atomic E-state index is 13.0. The molecule has 24 heavy (non-hydrogen) atoms. The Morgan fingerprint density at radius 1 is 1.21 bits per heavy atom. The SMILES string of the molecule is CN1C(=O)N(C)C2C1NN=c1s/c(=C\c3ccc(F)cc3)c(=O)n12. The van der Waals surface area contributed by atoms with Crippen LogP contribution in [0.2, 0.25) is 0 Å². The predicted molar refractivity (Wildman–Crippen MR) is 86.2 cm³/mol. The Bertz CT molecular complexity index is 996. The molecule has 0 bridgehead atoms. The Balaban J connectivity index is 1.87. The third-order valence-electron chi connectivity index (χ3n) is 4.26. The van der Waals surface area contributed by atoms with Gasteiger partial charge in [-0.15, -0.1) is 5.10 Å². The van der Waals surface area contributed by atoms with E-state index in [-0.39, 0.29) is 23.6 Å². The van der Waals surface area contributed by atoms with E-state index in [0.29, 0.717) is 9.33 Å². The lowest BCUT2D eigenvalue weighted by Crippen LogP contribution is -2.52. The number of likely N-dealkylation sites (N-methyl/N-ethyl adjacent to an activating group) is 2. The van der Waals surface area contributed by atoms with Gasteiger partial charge in [0.15, 0.2) is 12.3 Å². The Morgan fingerprint density at radius 2 is 1.92 bits per heavy atom. The van der Waals surface area contributed by atoms with Crippen LogP contribution in [-0.4, -0.2) is 40.7 Å². The van der Waals surface area contributed by atoms with E-state index in [1.807, 2.05) is 0 Å². The zero-order chi connectivity index (χ0) is 17.0. The summed E-state index contributed by atoms with van der Waals surface area (Å²) in [5.74, 6) is -0.328. The van der Waals surface area contributed by atoms with E-state index in [2.05, 4.69) is 10.5 Å². The van der Waals surface area contributed by atoms with Gasteiger partial charge in [0.05, 0.1) is 4.53 Å². The number of amides is 2. The highest BCUT2D eigenvalue weighted by Gasteiger charge is 2.46. The molecule has 7 nitrogen and oxygen atoms in total. The highest BCUT2D eigenvalue weighted by atomic mass is 32.1. The zero-order valence-electron chi connectivity index (χ0n) is 12.9. The lowest BCUT2D eigenvalue weighted by Gasteiger charge is -2.27. The van der Waals surface area contributed by atoms with Crippen LogP contribution < -0.4 is 20.3 Å². The molecular formula is C15H14FN5O2S. The van der Waals surface area contributed by atoms with Gasteiger partial charge in [0.2, 0.25) is 4.80 Å². The van der Waals surface area contributed by atoms with Crippen molar-refractivity contribution in [3.8, 4) is 0 Å². The van der Waals surface area contributed by atoms with Gasteiger partial charge in [-0.1, -0.05) is 23.5 Å². The van der Waals surface area contributed by atoms with Crippen LogP contribution in [0.1, 0.15) is 11.7 Å². The number of benzene rings is 1. The average Bonchev–Trinajstić information content (AvgIpc) is 3.00. The van der Waals surface area contributed by atoms with Gasteiger partial charge in [-0.3, -0.25) is 14.8 Å². The highest BCUT2D eigenvalue weighted by molar-refractivity contribution is 7.07. The summed E-state index contributed by atoms with van der Waals surface area (Å²) in [6.45, 7) is 0.